The smallest absolute Gasteiger partial charge is 0.251 e. The van der Waals surface area contributed by atoms with E-state index in [1.807, 2.05) is 13.0 Å². The molecule has 1 aliphatic heterocycles. The maximum atomic E-state index is 13.0. The number of morpholine rings is 1. The first-order chi connectivity index (χ1) is 18.0. The van der Waals surface area contributed by atoms with Gasteiger partial charge in [-0.25, -0.2) is 0 Å². The number of ether oxygens (including phenoxy) is 1. The van der Waals surface area contributed by atoms with Crippen LogP contribution < -0.4 is 5.32 Å². The van der Waals surface area contributed by atoms with Crippen LogP contribution in [-0.4, -0.2) is 60.9 Å². The van der Waals surface area contributed by atoms with Crippen molar-refractivity contribution >= 4 is 5.91 Å². The number of hydrogen-bond donors (Lipinski definition) is 2. The molecule has 0 spiro atoms. The molecule has 1 saturated heterocycles. The molecule has 0 bridgehead atoms. The number of amides is 1. The number of aliphatic hydroxyl groups is 1. The number of benzene rings is 2. The molecule has 3 atom stereocenters. The van der Waals surface area contributed by atoms with Crippen LogP contribution in [0.3, 0.4) is 0 Å². The van der Waals surface area contributed by atoms with Crippen molar-refractivity contribution in [1.82, 2.24) is 10.2 Å². The molecule has 2 aromatic rings. The summed E-state index contributed by atoms with van der Waals surface area (Å²) in [5, 5.41) is 14.3. The number of hydrogen-bond acceptors (Lipinski definition) is 4. The Labute approximate surface area is 221 Å². The Balaban J connectivity index is 1.33. The highest BCUT2D eigenvalue weighted by Crippen LogP contribution is 2.54. The molecule has 1 saturated carbocycles. The van der Waals surface area contributed by atoms with Gasteiger partial charge in [-0.1, -0.05) is 42.3 Å². The topological polar surface area (TPSA) is 61.8 Å². The van der Waals surface area contributed by atoms with Gasteiger partial charge in [0.15, 0.2) is 0 Å². The molecule has 0 unspecified atom stereocenters. The number of nitrogens with one attached hydrogen (secondary N) is 1. The van der Waals surface area contributed by atoms with Crippen LogP contribution in [-0.2, 0) is 23.0 Å². The SMILES string of the molecule is CC#C[C@@]1(O)CC[C@@]2(Cc3ccccc3)c3ccc(C(=O)NCCCN4CCOCC4)cc3CC[C@@H]2C1. The predicted molar refractivity (Wildman–Crippen MR) is 147 cm³/mol. The van der Waals surface area contributed by atoms with Gasteiger partial charge in [0, 0.05) is 30.6 Å². The third-order valence-corrected chi connectivity index (χ3v) is 8.78. The molecule has 0 aromatic heterocycles. The van der Waals surface area contributed by atoms with E-state index >= 15 is 0 Å². The first-order valence-corrected chi connectivity index (χ1v) is 13.9. The van der Waals surface area contributed by atoms with E-state index in [2.05, 4.69) is 64.5 Å². The van der Waals surface area contributed by atoms with Crippen LogP contribution in [0, 0.1) is 17.8 Å². The molecular formula is C32H40N2O3. The Bertz CT molecular complexity index is 1150. The van der Waals surface area contributed by atoms with Crippen LogP contribution in [0.15, 0.2) is 48.5 Å². The second-order valence-electron chi connectivity index (χ2n) is 11.1. The second-order valence-corrected chi connectivity index (χ2v) is 11.1. The van der Waals surface area contributed by atoms with Crippen LogP contribution in [0.1, 0.15) is 66.1 Å². The van der Waals surface area contributed by atoms with Gasteiger partial charge in [-0.2, -0.15) is 0 Å². The van der Waals surface area contributed by atoms with Crippen molar-refractivity contribution < 1.29 is 14.6 Å². The van der Waals surface area contributed by atoms with Gasteiger partial charge in [0.1, 0.15) is 5.60 Å². The zero-order valence-electron chi connectivity index (χ0n) is 22.1. The lowest BCUT2D eigenvalue weighted by Crippen LogP contribution is -2.51. The van der Waals surface area contributed by atoms with E-state index in [0.29, 0.717) is 25.3 Å². The fraction of sp³-hybridized carbons (Fsp3) is 0.531. The summed E-state index contributed by atoms with van der Waals surface area (Å²) in [6.45, 7) is 7.06. The summed E-state index contributed by atoms with van der Waals surface area (Å²) in [4.78, 5) is 15.4. The third kappa shape index (κ3) is 5.77. The number of aryl methyl sites for hydroxylation is 1. The lowest BCUT2D eigenvalue weighted by atomic mass is 9.52. The number of fused-ring (bicyclic) bond motifs is 3. The third-order valence-electron chi connectivity index (χ3n) is 8.78. The maximum Gasteiger partial charge on any atom is 0.251 e. The lowest BCUT2D eigenvalue weighted by molar-refractivity contribution is -0.00801. The Morgan fingerprint density at radius 3 is 2.76 bits per heavy atom. The molecule has 3 aliphatic rings. The molecule has 5 nitrogen and oxygen atoms in total. The van der Waals surface area contributed by atoms with Gasteiger partial charge in [0.25, 0.3) is 5.91 Å². The summed E-state index contributed by atoms with van der Waals surface area (Å²) >= 11 is 0. The largest absolute Gasteiger partial charge is 0.379 e. The van der Waals surface area contributed by atoms with E-state index in [9.17, 15) is 9.90 Å². The second kappa shape index (κ2) is 11.4. The van der Waals surface area contributed by atoms with Crippen molar-refractivity contribution in [3.05, 3.63) is 70.8 Å². The van der Waals surface area contributed by atoms with Crippen LogP contribution in [0.5, 0.6) is 0 Å². The fourth-order valence-corrected chi connectivity index (χ4v) is 6.89. The lowest BCUT2D eigenvalue weighted by Gasteiger charge is -2.52. The molecule has 2 aromatic carbocycles. The predicted octanol–water partition coefficient (Wildman–Crippen LogP) is 4.12. The van der Waals surface area contributed by atoms with E-state index in [1.165, 1.54) is 16.7 Å². The number of carbonyl (C=O) groups is 1. The van der Waals surface area contributed by atoms with E-state index in [1.54, 1.807) is 0 Å². The number of rotatable bonds is 7. The van der Waals surface area contributed by atoms with E-state index < -0.39 is 5.60 Å². The molecule has 5 rings (SSSR count). The molecule has 37 heavy (non-hydrogen) atoms. The van der Waals surface area contributed by atoms with E-state index in [0.717, 1.165) is 70.5 Å². The summed E-state index contributed by atoms with van der Waals surface area (Å²) in [6, 6.07) is 17.1. The minimum absolute atomic E-state index is 0.0141. The maximum absolute atomic E-state index is 13.0. The Hall–Kier alpha value is -2.65. The first kappa shape index (κ1) is 26.0. The molecular weight excluding hydrogens is 460 g/mol. The molecule has 2 N–H and O–H groups in total. The molecule has 1 heterocycles. The number of nitrogens with zero attached hydrogens (tertiary/aromatic N) is 1. The van der Waals surface area contributed by atoms with Gasteiger partial charge in [-0.15, -0.1) is 5.92 Å². The summed E-state index contributed by atoms with van der Waals surface area (Å²) in [5.41, 5.74) is 3.81. The van der Waals surface area contributed by atoms with Gasteiger partial charge in [0.2, 0.25) is 0 Å². The summed E-state index contributed by atoms with van der Waals surface area (Å²) in [5.74, 6) is 6.45. The molecule has 1 amide bonds. The molecule has 5 heteroatoms. The van der Waals surface area contributed by atoms with Gasteiger partial charge >= 0.3 is 0 Å². The zero-order chi connectivity index (χ0) is 25.7. The van der Waals surface area contributed by atoms with Crippen molar-refractivity contribution in [3.63, 3.8) is 0 Å². The van der Waals surface area contributed by atoms with Crippen molar-refractivity contribution in [2.75, 3.05) is 39.4 Å². The summed E-state index contributed by atoms with van der Waals surface area (Å²) in [6.07, 6.45) is 6.14. The van der Waals surface area contributed by atoms with Gasteiger partial charge in [-0.3, -0.25) is 9.69 Å². The van der Waals surface area contributed by atoms with Gasteiger partial charge in [0.05, 0.1) is 13.2 Å². The highest BCUT2D eigenvalue weighted by Gasteiger charge is 2.51. The Morgan fingerprint density at radius 1 is 1.16 bits per heavy atom. The highest BCUT2D eigenvalue weighted by atomic mass is 16.5. The van der Waals surface area contributed by atoms with Crippen LogP contribution in [0.25, 0.3) is 0 Å². The van der Waals surface area contributed by atoms with E-state index in [4.69, 9.17) is 4.74 Å². The van der Waals surface area contributed by atoms with Crippen LogP contribution >= 0.6 is 0 Å². The summed E-state index contributed by atoms with van der Waals surface area (Å²) < 4.78 is 5.41. The minimum atomic E-state index is -0.891. The molecule has 2 aliphatic carbocycles. The highest BCUT2D eigenvalue weighted by molar-refractivity contribution is 5.94. The quantitative estimate of drug-likeness (QED) is 0.444. The van der Waals surface area contributed by atoms with Crippen molar-refractivity contribution in [3.8, 4) is 11.8 Å². The average molecular weight is 501 g/mol. The van der Waals surface area contributed by atoms with Gasteiger partial charge in [-0.05, 0) is 93.2 Å². The van der Waals surface area contributed by atoms with E-state index in [-0.39, 0.29) is 11.3 Å². The Kier molecular flexibility index (Phi) is 8.00. The molecule has 2 fully saturated rings. The van der Waals surface area contributed by atoms with Crippen LogP contribution in [0.4, 0.5) is 0 Å². The minimum Gasteiger partial charge on any atom is -0.379 e. The Morgan fingerprint density at radius 2 is 1.97 bits per heavy atom. The summed E-state index contributed by atoms with van der Waals surface area (Å²) in [7, 11) is 0. The van der Waals surface area contributed by atoms with Crippen molar-refractivity contribution in [1.29, 1.82) is 0 Å². The molecule has 196 valence electrons. The van der Waals surface area contributed by atoms with Crippen LogP contribution in [0.2, 0.25) is 0 Å². The van der Waals surface area contributed by atoms with Gasteiger partial charge < -0.3 is 15.2 Å². The molecule has 0 radical (unpaired) electrons. The fourth-order valence-electron chi connectivity index (χ4n) is 6.89. The standard InChI is InChI=1S/C32H40N2O3/c1-2-13-31(36)14-15-32(23-25-7-4-3-5-8-25)28(24-31)11-9-26-22-27(10-12-29(26)32)30(35)33-16-6-17-34-18-20-37-21-19-34/h3-5,7-8,10,12,22,28,36H,6,9,11,14-21,23-24H2,1H3,(H,33,35)/t28-,31-,32+/m1/s1. The van der Waals surface area contributed by atoms with Crippen molar-refractivity contribution in [2.45, 2.75) is 62.9 Å². The number of carbonyl (C=O) groups excluding carboxylic acids is 1. The monoisotopic (exact) mass is 500 g/mol. The van der Waals surface area contributed by atoms with Crippen molar-refractivity contribution in [2.24, 2.45) is 5.92 Å². The normalized spacial score (nSPS) is 27.4. The average Bonchev–Trinajstić information content (AvgIpc) is 2.92. The zero-order valence-corrected chi connectivity index (χ0v) is 22.1. The first-order valence-electron chi connectivity index (χ1n) is 13.9.